The van der Waals surface area contributed by atoms with Gasteiger partial charge in [-0.25, -0.2) is 4.98 Å². The van der Waals surface area contributed by atoms with E-state index in [1.54, 1.807) is 31.2 Å². The minimum absolute atomic E-state index is 0.177. The Labute approximate surface area is 134 Å². The van der Waals surface area contributed by atoms with Gasteiger partial charge in [0.2, 0.25) is 0 Å². The van der Waals surface area contributed by atoms with Crippen LogP contribution in [0.25, 0.3) is 0 Å². The van der Waals surface area contributed by atoms with Crippen molar-refractivity contribution < 1.29 is 9.90 Å². The summed E-state index contributed by atoms with van der Waals surface area (Å²) in [5.74, 6) is -0.177. The summed E-state index contributed by atoms with van der Waals surface area (Å²) in [6, 6.07) is 9.73. The predicted octanol–water partition coefficient (Wildman–Crippen LogP) is 2.60. The first kappa shape index (κ1) is 16.5. The number of amides is 1. The van der Waals surface area contributed by atoms with Crippen LogP contribution in [0.15, 0.2) is 35.7 Å². The van der Waals surface area contributed by atoms with Crippen molar-refractivity contribution >= 4 is 22.4 Å². The van der Waals surface area contributed by atoms with Gasteiger partial charge < -0.3 is 15.3 Å². The summed E-state index contributed by atoms with van der Waals surface area (Å²) in [4.78, 5) is 18.6. The molecule has 1 heterocycles. The van der Waals surface area contributed by atoms with Gasteiger partial charge >= 0.3 is 0 Å². The fourth-order valence-electron chi connectivity index (χ4n) is 2.12. The summed E-state index contributed by atoms with van der Waals surface area (Å²) in [7, 11) is 1.77. The summed E-state index contributed by atoms with van der Waals surface area (Å²) in [6.45, 7) is 4.07. The molecule has 0 bridgehead atoms. The van der Waals surface area contributed by atoms with Gasteiger partial charge in [0.05, 0.1) is 5.60 Å². The van der Waals surface area contributed by atoms with E-state index in [4.69, 9.17) is 0 Å². The molecule has 22 heavy (non-hydrogen) atoms. The number of anilines is 1. The Morgan fingerprint density at radius 2 is 2.05 bits per heavy atom. The molecule has 0 atom stereocenters. The molecular formula is C16H21N3O2S. The second-order valence-corrected chi connectivity index (χ2v) is 6.61. The van der Waals surface area contributed by atoms with Gasteiger partial charge in [0.15, 0.2) is 5.13 Å². The first-order valence-corrected chi connectivity index (χ1v) is 7.96. The zero-order chi connectivity index (χ0) is 16.2. The molecule has 1 amide bonds. The highest BCUT2D eigenvalue weighted by Crippen LogP contribution is 2.18. The van der Waals surface area contributed by atoms with Crippen LogP contribution in [0.4, 0.5) is 5.13 Å². The van der Waals surface area contributed by atoms with Gasteiger partial charge in [-0.2, -0.15) is 0 Å². The molecule has 0 fully saturated rings. The van der Waals surface area contributed by atoms with E-state index >= 15 is 0 Å². The Balaban J connectivity index is 2.21. The second kappa shape index (κ2) is 6.89. The number of aromatic nitrogens is 1. The number of carbonyl (C=O) groups is 1. The van der Waals surface area contributed by atoms with Crippen molar-refractivity contribution in [1.29, 1.82) is 0 Å². The summed E-state index contributed by atoms with van der Waals surface area (Å²) >= 11 is 1.39. The van der Waals surface area contributed by atoms with E-state index in [0.717, 1.165) is 5.56 Å². The minimum atomic E-state index is -0.966. The Hall–Kier alpha value is -1.92. The average Bonchev–Trinajstić information content (AvgIpc) is 2.94. The molecule has 2 aromatic rings. The number of benzene rings is 1. The lowest BCUT2D eigenvalue weighted by molar-refractivity contribution is 0.0277. The molecule has 0 radical (unpaired) electrons. The summed E-state index contributed by atoms with van der Waals surface area (Å²) in [6.07, 6.45) is 0. The summed E-state index contributed by atoms with van der Waals surface area (Å²) in [5, 5.41) is 15.4. The van der Waals surface area contributed by atoms with E-state index in [0.29, 0.717) is 17.4 Å². The van der Waals surface area contributed by atoms with E-state index < -0.39 is 5.60 Å². The normalized spacial score (nSPS) is 11.3. The van der Waals surface area contributed by atoms with Gasteiger partial charge in [0.1, 0.15) is 5.69 Å². The highest BCUT2D eigenvalue weighted by atomic mass is 32.1. The zero-order valence-corrected chi connectivity index (χ0v) is 13.9. The van der Waals surface area contributed by atoms with Crippen molar-refractivity contribution in [3.05, 3.63) is 47.0 Å². The van der Waals surface area contributed by atoms with E-state index in [1.165, 1.54) is 11.3 Å². The zero-order valence-electron chi connectivity index (χ0n) is 13.0. The largest absolute Gasteiger partial charge is 0.389 e. The third-order valence-corrected chi connectivity index (χ3v) is 3.88. The van der Waals surface area contributed by atoms with Gasteiger partial charge in [-0.15, -0.1) is 11.3 Å². The lowest BCUT2D eigenvalue weighted by Crippen LogP contribution is -2.42. The van der Waals surface area contributed by atoms with Crippen molar-refractivity contribution in [1.82, 2.24) is 9.88 Å². The number of thiazole rings is 1. The number of nitrogens with zero attached hydrogens (tertiary/aromatic N) is 2. The smallest absolute Gasteiger partial charge is 0.273 e. The monoisotopic (exact) mass is 319 g/mol. The molecule has 1 aromatic carbocycles. The molecule has 0 aliphatic carbocycles. The molecule has 5 nitrogen and oxygen atoms in total. The molecule has 0 saturated heterocycles. The standard InChI is InChI=1S/C16H21N3O2S/c1-16(2,21)11-19(9-12-7-5-4-6-8-12)14(20)13-10-22-15(17-3)18-13/h4-8,10,21H,9,11H2,1-3H3,(H,17,18). The first-order valence-electron chi connectivity index (χ1n) is 7.08. The topological polar surface area (TPSA) is 65.5 Å². The maximum absolute atomic E-state index is 12.7. The van der Waals surface area contributed by atoms with E-state index in [2.05, 4.69) is 10.3 Å². The maximum atomic E-state index is 12.7. The maximum Gasteiger partial charge on any atom is 0.273 e. The van der Waals surface area contributed by atoms with Crippen LogP contribution >= 0.6 is 11.3 Å². The van der Waals surface area contributed by atoms with Crippen LogP contribution < -0.4 is 5.32 Å². The SMILES string of the molecule is CNc1nc(C(=O)N(Cc2ccccc2)CC(C)(C)O)cs1. The number of hydrogen-bond donors (Lipinski definition) is 2. The second-order valence-electron chi connectivity index (χ2n) is 5.75. The van der Waals surface area contributed by atoms with Crippen molar-refractivity contribution in [3.8, 4) is 0 Å². The Morgan fingerprint density at radius 1 is 1.36 bits per heavy atom. The van der Waals surface area contributed by atoms with Gasteiger partial charge in [-0.05, 0) is 19.4 Å². The van der Waals surface area contributed by atoms with Crippen molar-refractivity contribution in [3.63, 3.8) is 0 Å². The lowest BCUT2D eigenvalue weighted by atomic mass is 10.1. The minimum Gasteiger partial charge on any atom is -0.389 e. The van der Waals surface area contributed by atoms with Crippen LogP contribution in [0.1, 0.15) is 29.9 Å². The van der Waals surface area contributed by atoms with Gasteiger partial charge in [-0.3, -0.25) is 4.79 Å². The van der Waals surface area contributed by atoms with Crippen molar-refractivity contribution in [2.75, 3.05) is 18.9 Å². The van der Waals surface area contributed by atoms with E-state index in [1.807, 2.05) is 30.3 Å². The molecule has 0 unspecified atom stereocenters. The highest BCUT2D eigenvalue weighted by molar-refractivity contribution is 7.13. The predicted molar refractivity (Wildman–Crippen MR) is 89.1 cm³/mol. The summed E-state index contributed by atoms with van der Waals surface area (Å²) < 4.78 is 0. The molecule has 1 aromatic heterocycles. The first-order chi connectivity index (χ1) is 10.4. The number of rotatable bonds is 6. The van der Waals surface area contributed by atoms with E-state index in [-0.39, 0.29) is 12.5 Å². The van der Waals surface area contributed by atoms with Crippen LogP contribution in [-0.4, -0.2) is 40.1 Å². The van der Waals surface area contributed by atoms with E-state index in [9.17, 15) is 9.90 Å². The fourth-order valence-corrected chi connectivity index (χ4v) is 2.76. The van der Waals surface area contributed by atoms with Crippen molar-refractivity contribution in [2.24, 2.45) is 0 Å². The molecule has 2 N–H and O–H groups in total. The highest BCUT2D eigenvalue weighted by Gasteiger charge is 2.25. The summed E-state index contributed by atoms with van der Waals surface area (Å²) in [5.41, 5.74) is 0.449. The lowest BCUT2D eigenvalue weighted by Gasteiger charge is -2.28. The molecule has 0 aliphatic heterocycles. The Morgan fingerprint density at radius 3 is 2.59 bits per heavy atom. The van der Waals surface area contributed by atoms with Crippen LogP contribution in [0.5, 0.6) is 0 Å². The average molecular weight is 319 g/mol. The van der Waals surface area contributed by atoms with Gasteiger partial charge in [0, 0.05) is 25.5 Å². The van der Waals surface area contributed by atoms with Crippen LogP contribution in [0.3, 0.4) is 0 Å². The Bertz CT molecular complexity index is 620. The molecule has 0 saturated carbocycles. The van der Waals surface area contributed by atoms with Crippen LogP contribution in [0, 0.1) is 0 Å². The molecule has 2 rings (SSSR count). The number of carbonyl (C=O) groups excluding carboxylic acids is 1. The van der Waals surface area contributed by atoms with Gasteiger partial charge in [-0.1, -0.05) is 30.3 Å². The Kier molecular flexibility index (Phi) is 5.15. The number of hydrogen-bond acceptors (Lipinski definition) is 5. The molecule has 6 heteroatoms. The van der Waals surface area contributed by atoms with Crippen LogP contribution in [0.2, 0.25) is 0 Å². The fraction of sp³-hybridized carbons (Fsp3) is 0.375. The molecule has 0 aliphatic rings. The third kappa shape index (κ3) is 4.54. The quantitative estimate of drug-likeness (QED) is 0.859. The van der Waals surface area contributed by atoms with Crippen LogP contribution in [-0.2, 0) is 6.54 Å². The number of nitrogens with one attached hydrogen (secondary N) is 1. The van der Waals surface area contributed by atoms with Crippen molar-refractivity contribution in [2.45, 2.75) is 26.0 Å². The number of aliphatic hydroxyl groups is 1. The molecular weight excluding hydrogens is 298 g/mol. The molecule has 0 spiro atoms. The third-order valence-electron chi connectivity index (χ3n) is 3.02. The molecule has 118 valence electrons. The van der Waals surface area contributed by atoms with Gasteiger partial charge in [0.25, 0.3) is 5.91 Å².